The van der Waals surface area contributed by atoms with Crippen LogP contribution in [0.2, 0.25) is 5.02 Å². The molecule has 2 aromatic rings. The normalized spacial score (nSPS) is 17.8. The average Bonchev–Trinajstić information content (AvgIpc) is 3.03. The number of carbonyl (C=O) groups excluding carboxylic acids is 2. The van der Waals surface area contributed by atoms with E-state index in [1.165, 1.54) is 12.0 Å². The summed E-state index contributed by atoms with van der Waals surface area (Å²) in [6, 6.07) is 11.4. The Morgan fingerprint density at radius 1 is 1.12 bits per heavy atom. The van der Waals surface area contributed by atoms with Crippen molar-refractivity contribution in [2.24, 2.45) is 0 Å². The maximum Gasteiger partial charge on any atom is 0.295 e. The van der Waals surface area contributed by atoms with Gasteiger partial charge in [0.1, 0.15) is 11.5 Å². The first-order valence-corrected chi connectivity index (χ1v) is 11.0. The molecule has 1 amide bonds. The van der Waals surface area contributed by atoms with E-state index in [9.17, 15) is 14.7 Å². The Bertz CT molecular complexity index is 1020. The van der Waals surface area contributed by atoms with Gasteiger partial charge in [0.05, 0.1) is 24.8 Å². The number of unbranched alkanes of at least 4 members (excludes halogenated alkanes) is 1. The largest absolute Gasteiger partial charge is 0.507 e. The van der Waals surface area contributed by atoms with Crippen LogP contribution >= 0.6 is 11.6 Å². The van der Waals surface area contributed by atoms with Crippen LogP contribution < -0.4 is 4.74 Å². The molecule has 1 N–H and O–H groups in total. The molecule has 3 rings (SSSR count). The summed E-state index contributed by atoms with van der Waals surface area (Å²) < 4.78 is 10.9. The summed E-state index contributed by atoms with van der Waals surface area (Å²) in [5, 5.41) is 11.7. The van der Waals surface area contributed by atoms with Crippen molar-refractivity contribution in [3.8, 4) is 5.75 Å². The zero-order chi connectivity index (χ0) is 23.3. The Hall–Kier alpha value is -2.83. The van der Waals surface area contributed by atoms with E-state index in [2.05, 4.69) is 6.92 Å². The maximum atomic E-state index is 13.0. The Balaban J connectivity index is 2.04. The first kappa shape index (κ1) is 23.8. The molecule has 1 aliphatic heterocycles. The number of carbonyl (C=O) groups is 2. The second kappa shape index (κ2) is 10.7. The molecule has 0 bridgehead atoms. The highest BCUT2D eigenvalue weighted by molar-refractivity contribution is 6.46. The zero-order valence-corrected chi connectivity index (χ0v) is 19.3. The van der Waals surface area contributed by atoms with Gasteiger partial charge >= 0.3 is 0 Å². The second-order valence-electron chi connectivity index (χ2n) is 7.72. The predicted octanol–water partition coefficient (Wildman–Crippen LogP) is 4.90. The Morgan fingerprint density at radius 3 is 2.47 bits per heavy atom. The topological polar surface area (TPSA) is 76.1 Å². The number of hydrogen-bond donors (Lipinski definition) is 1. The molecule has 170 valence electrons. The van der Waals surface area contributed by atoms with Gasteiger partial charge < -0.3 is 19.5 Å². The number of halogens is 1. The SMILES string of the molecule is CCCCOc1ccc(C(O)=C2C(=O)C(=O)N(CCOC)[C@@H]2c2ccc(Cl)cc2)cc1C. The first-order valence-electron chi connectivity index (χ1n) is 10.7. The molecule has 1 aliphatic rings. The third-order valence-corrected chi connectivity index (χ3v) is 5.72. The van der Waals surface area contributed by atoms with Gasteiger partial charge in [-0.15, -0.1) is 0 Å². The van der Waals surface area contributed by atoms with Gasteiger partial charge in [-0.3, -0.25) is 9.59 Å². The lowest BCUT2D eigenvalue weighted by atomic mass is 9.95. The summed E-state index contributed by atoms with van der Waals surface area (Å²) in [5.41, 5.74) is 2.02. The highest BCUT2D eigenvalue weighted by atomic mass is 35.5. The van der Waals surface area contributed by atoms with Gasteiger partial charge in [-0.25, -0.2) is 0 Å². The molecule has 1 saturated heterocycles. The van der Waals surface area contributed by atoms with Crippen LogP contribution in [0.15, 0.2) is 48.0 Å². The van der Waals surface area contributed by atoms with E-state index >= 15 is 0 Å². The molecular weight excluding hydrogens is 430 g/mol. The molecule has 1 heterocycles. The lowest BCUT2D eigenvalue weighted by Crippen LogP contribution is -2.32. The van der Waals surface area contributed by atoms with Gasteiger partial charge in [0, 0.05) is 24.2 Å². The molecule has 6 nitrogen and oxygen atoms in total. The number of amides is 1. The summed E-state index contributed by atoms with van der Waals surface area (Å²) in [6.45, 7) is 5.07. The summed E-state index contributed by atoms with van der Waals surface area (Å²) in [5.74, 6) is -0.879. The molecule has 0 aliphatic carbocycles. The molecular formula is C25H28ClNO5. The van der Waals surface area contributed by atoms with Crippen molar-refractivity contribution in [3.05, 3.63) is 69.8 Å². The highest BCUT2D eigenvalue weighted by Gasteiger charge is 2.45. The van der Waals surface area contributed by atoms with Gasteiger partial charge in [-0.1, -0.05) is 37.1 Å². The highest BCUT2D eigenvalue weighted by Crippen LogP contribution is 2.40. The molecule has 0 unspecified atom stereocenters. The summed E-state index contributed by atoms with van der Waals surface area (Å²) >= 11 is 6.03. The molecule has 0 spiro atoms. The summed E-state index contributed by atoms with van der Waals surface area (Å²) in [7, 11) is 1.53. The van der Waals surface area contributed by atoms with Crippen molar-refractivity contribution in [1.29, 1.82) is 0 Å². The molecule has 0 aromatic heterocycles. The van der Waals surface area contributed by atoms with Crippen molar-refractivity contribution in [2.45, 2.75) is 32.7 Å². The van der Waals surface area contributed by atoms with E-state index in [0.29, 0.717) is 22.8 Å². The molecule has 1 fully saturated rings. The van der Waals surface area contributed by atoms with Crippen molar-refractivity contribution < 1.29 is 24.2 Å². The first-order chi connectivity index (χ1) is 15.4. The van der Waals surface area contributed by atoms with Crippen molar-refractivity contribution >= 4 is 29.1 Å². The Morgan fingerprint density at radius 2 is 1.84 bits per heavy atom. The molecule has 32 heavy (non-hydrogen) atoms. The number of nitrogens with zero attached hydrogens (tertiary/aromatic N) is 1. The minimum absolute atomic E-state index is 0.0486. The van der Waals surface area contributed by atoms with Crippen LogP contribution in [0, 0.1) is 6.92 Å². The number of benzene rings is 2. The van der Waals surface area contributed by atoms with Gasteiger partial charge in [0.15, 0.2) is 0 Å². The number of Topliss-reactive ketones (excluding diaryl/α,β-unsaturated/α-hetero) is 1. The van der Waals surface area contributed by atoms with E-state index < -0.39 is 17.7 Å². The number of rotatable bonds is 9. The summed E-state index contributed by atoms with van der Waals surface area (Å²) in [4.78, 5) is 27.2. The molecule has 7 heteroatoms. The molecule has 2 aromatic carbocycles. The standard InChI is InChI=1S/C25H28ClNO5/c1-4-5-13-32-20-11-8-18(15-16(20)2)23(28)21-22(17-6-9-19(26)10-7-17)27(12-14-31-3)25(30)24(21)29/h6-11,15,22,28H,4-5,12-14H2,1-3H3/t22-/m1/s1. The van der Waals surface area contributed by atoms with E-state index in [1.54, 1.807) is 42.5 Å². The van der Waals surface area contributed by atoms with E-state index in [0.717, 1.165) is 24.2 Å². The monoisotopic (exact) mass is 457 g/mol. The Labute approximate surface area is 193 Å². The van der Waals surface area contributed by atoms with Gasteiger partial charge in [0.25, 0.3) is 11.7 Å². The van der Waals surface area contributed by atoms with E-state index in [1.807, 2.05) is 6.92 Å². The number of ether oxygens (including phenoxy) is 2. The predicted molar refractivity (Wildman–Crippen MR) is 124 cm³/mol. The van der Waals surface area contributed by atoms with Crippen molar-refractivity contribution in [2.75, 3.05) is 26.9 Å². The van der Waals surface area contributed by atoms with Gasteiger partial charge in [0.2, 0.25) is 0 Å². The van der Waals surface area contributed by atoms with Crippen LogP contribution in [-0.4, -0.2) is 48.6 Å². The van der Waals surface area contributed by atoms with E-state index in [4.69, 9.17) is 21.1 Å². The van der Waals surface area contributed by atoms with Crippen LogP contribution in [0.3, 0.4) is 0 Å². The minimum atomic E-state index is -0.733. The minimum Gasteiger partial charge on any atom is -0.507 e. The molecule has 0 radical (unpaired) electrons. The third kappa shape index (κ3) is 4.97. The Kier molecular flexibility index (Phi) is 7.94. The number of aryl methyl sites for hydroxylation is 1. The van der Waals surface area contributed by atoms with Crippen LogP contribution in [0.25, 0.3) is 5.76 Å². The second-order valence-corrected chi connectivity index (χ2v) is 8.16. The van der Waals surface area contributed by atoms with Crippen LogP contribution in [0.4, 0.5) is 0 Å². The smallest absolute Gasteiger partial charge is 0.295 e. The number of aliphatic hydroxyl groups is 1. The lowest BCUT2D eigenvalue weighted by molar-refractivity contribution is -0.140. The van der Waals surface area contributed by atoms with Gasteiger partial charge in [-0.05, 0) is 54.8 Å². The van der Waals surface area contributed by atoms with Crippen LogP contribution in [-0.2, 0) is 14.3 Å². The fraction of sp³-hybridized carbons (Fsp3) is 0.360. The fourth-order valence-corrected chi connectivity index (χ4v) is 3.86. The molecule has 1 atom stereocenters. The van der Waals surface area contributed by atoms with Crippen LogP contribution in [0.5, 0.6) is 5.75 Å². The zero-order valence-electron chi connectivity index (χ0n) is 18.6. The van der Waals surface area contributed by atoms with Crippen molar-refractivity contribution in [1.82, 2.24) is 4.90 Å². The lowest BCUT2D eigenvalue weighted by Gasteiger charge is -2.25. The quantitative estimate of drug-likeness (QED) is 0.251. The maximum absolute atomic E-state index is 13.0. The van der Waals surface area contributed by atoms with Crippen LogP contribution in [0.1, 0.15) is 42.5 Å². The number of methoxy groups -OCH3 is 1. The fourth-order valence-electron chi connectivity index (χ4n) is 3.73. The van der Waals surface area contributed by atoms with Gasteiger partial charge in [-0.2, -0.15) is 0 Å². The number of aliphatic hydroxyl groups excluding tert-OH is 1. The number of ketones is 1. The van der Waals surface area contributed by atoms with E-state index in [-0.39, 0.29) is 24.5 Å². The third-order valence-electron chi connectivity index (χ3n) is 5.47. The number of hydrogen-bond acceptors (Lipinski definition) is 5. The average molecular weight is 458 g/mol. The summed E-state index contributed by atoms with van der Waals surface area (Å²) in [6.07, 6.45) is 1.99. The molecule has 0 saturated carbocycles. The van der Waals surface area contributed by atoms with Crippen molar-refractivity contribution in [3.63, 3.8) is 0 Å². The number of likely N-dealkylation sites (tertiary alicyclic amines) is 1.